The van der Waals surface area contributed by atoms with E-state index < -0.39 is 0 Å². The quantitative estimate of drug-likeness (QED) is 0.823. The zero-order valence-electron chi connectivity index (χ0n) is 17.6. The third-order valence-corrected chi connectivity index (χ3v) is 8.53. The summed E-state index contributed by atoms with van der Waals surface area (Å²) in [5, 5.41) is 3.34. The molecule has 4 aliphatic rings. The minimum atomic E-state index is 0.0484. The molecule has 2 saturated carbocycles. The molecule has 5 rings (SSSR count). The van der Waals surface area contributed by atoms with Crippen molar-refractivity contribution in [2.75, 3.05) is 19.6 Å². The van der Waals surface area contributed by atoms with E-state index >= 15 is 0 Å². The first-order chi connectivity index (χ1) is 13.5. The summed E-state index contributed by atoms with van der Waals surface area (Å²) < 4.78 is 0. The first-order valence-electron chi connectivity index (χ1n) is 11.7. The van der Waals surface area contributed by atoms with Crippen molar-refractivity contribution in [3.63, 3.8) is 0 Å². The maximum Gasteiger partial charge on any atom is 0.223 e. The second-order valence-electron chi connectivity index (χ2n) is 10.5. The van der Waals surface area contributed by atoms with Crippen LogP contribution in [0.15, 0.2) is 24.3 Å². The highest BCUT2D eigenvalue weighted by Gasteiger charge is 2.47. The Labute approximate surface area is 170 Å². The van der Waals surface area contributed by atoms with Crippen molar-refractivity contribution < 1.29 is 4.79 Å². The Morgan fingerprint density at radius 3 is 2.64 bits per heavy atom. The number of benzene rings is 1. The van der Waals surface area contributed by atoms with Crippen molar-refractivity contribution in [2.24, 2.45) is 23.7 Å². The van der Waals surface area contributed by atoms with Crippen LogP contribution in [-0.2, 0) is 10.2 Å². The van der Waals surface area contributed by atoms with E-state index in [0.717, 1.165) is 24.2 Å². The average Bonchev–Trinajstić information content (AvgIpc) is 3.39. The van der Waals surface area contributed by atoms with Crippen LogP contribution in [0.3, 0.4) is 0 Å². The van der Waals surface area contributed by atoms with Crippen molar-refractivity contribution in [2.45, 2.75) is 70.3 Å². The van der Waals surface area contributed by atoms with Gasteiger partial charge in [-0.25, -0.2) is 0 Å². The molecule has 2 bridgehead atoms. The molecule has 0 aromatic heterocycles. The van der Waals surface area contributed by atoms with Crippen LogP contribution >= 0.6 is 0 Å². The van der Waals surface area contributed by atoms with E-state index in [4.69, 9.17) is 0 Å². The van der Waals surface area contributed by atoms with Gasteiger partial charge in [-0.05, 0) is 80.5 Å². The fraction of sp³-hybridized carbons (Fsp3) is 0.720. The molecule has 3 nitrogen and oxygen atoms in total. The van der Waals surface area contributed by atoms with Crippen molar-refractivity contribution >= 4 is 5.91 Å². The molecule has 1 aromatic carbocycles. The monoisotopic (exact) mass is 380 g/mol. The summed E-state index contributed by atoms with van der Waals surface area (Å²) in [5.41, 5.74) is 3.16. The Morgan fingerprint density at radius 2 is 1.96 bits per heavy atom. The number of amides is 1. The number of hydrogen-bond acceptors (Lipinski definition) is 2. The summed E-state index contributed by atoms with van der Waals surface area (Å²) in [6.45, 7) is 7.77. The summed E-state index contributed by atoms with van der Waals surface area (Å²) in [7, 11) is 0. The zero-order chi connectivity index (χ0) is 19.3. The van der Waals surface area contributed by atoms with E-state index in [0.29, 0.717) is 0 Å². The molecule has 1 aromatic rings. The van der Waals surface area contributed by atoms with Crippen LogP contribution in [0.2, 0.25) is 0 Å². The highest BCUT2D eigenvalue weighted by Crippen LogP contribution is 2.52. The smallest absolute Gasteiger partial charge is 0.223 e. The lowest BCUT2D eigenvalue weighted by Gasteiger charge is -2.42. The van der Waals surface area contributed by atoms with Gasteiger partial charge in [-0.1, -0.05) is 44.5 Å². The van der Waals surface area contributed by atoms with E-state index in [1.165, 1.54) is 69.3 Å². The van der Waals surface area contributed by atoms with Crippen molar-refractivity contribution in [1.82, 2.24) is 10.2 Å². The molecule has 1 N–H and O–H groups in total. The largest absolute Gasteiger partial charge is 0.349 e. The summed E-state index contributed by atoms with van der Waals surface area (Å²) in [4.78, 5) is 15.1. The molecule has 1 saturated heterocycles. The van der Waals surface area contributed by atoms with Crippen LogP contribution in [-0.4, -0.2) is 30.4 Å². The molecule has 1 spiro atoms. The summed E-state index contributed by atoms with van der Waals surface area (Å²) in [6.07, 6.45) is 9.61. The molecule has 3 aliphatic carbocycles. The van der Waals surface area contributed by atoms with Gasteiger partial charge >= 0.3 is 0 Å². The van der Waals surface area contributed by atoms with Gasteiger partial charge in [-0.15, -0.1) is 0 Å². The number of hydrogen-bond donors (Lipinski definition) is 1. The first-order valence-corrected chi connectivity index (χ1v) is 11.7. The number of carbonyl (C=O) groups is 1. The molecular weight excluding hydrogens is 344 g/mol. The van der Waals surface area contributed by atoms with E-state index in [1.807, 2.05) is 13.8 Å². The van der Waals surface area contributed by atoms with Gasteiger partial charge in [0.05, 0.1) is 6.04 Å². The molecule has 28 heavy (non-hydrogen) atoms. The topological polar surface area (TPSA) is 32.3 Å². The highest BCUT2D eigenvalue weighted by atomic mass is 16.1. The molecule has 0 unspecified atom stereocenters. The average molecular weight is 381 g/mol. The molecule has 1 aliphatic heterocycles. The Morgan fingerprint density at radius 1 is 1.18 bits per heavy atom. The Balaban J connectivity index is 1.26. The van der Waals surface area contributed by atoms with Gasteiger partial charge < -0.3 is 10.2 Å². The Hall–Kier alpha value is -1.35. The van der Waals surface area contributed by atoms with Gasteiger partial charge in [0.15, 0.2) is 0 Å². The number of carbonyl (C=O) groups excluding carboxylic acids is 1. The fourth-order valence-corrected chi connectivity index (χ4v) is 6.93. The Bertz CT molecular complexity index is 734. The second-order valence-corrected chi connectivity index (χ2v) is 10.5. The lowest BCUT2D eigenvalue weighted by Crippen LogP contribution is -2.44. The molecule has 152 valence electrons. The van der Waals surface area contributed by atoms with Gasteiger partial charge in [-0.3, -0.25) is 4.79 Å². The standard InChI is InChI=1S/C25H36N2O/c1-17(2)24(28)26-23-15-25(22-6-4-3-5-21(22)23)9-11-27(12-10-25)16-20-14-18-7-8-19(20)13-18/h3-6,17-20,23H,7-16H2,1-2H3,(H,26,28)/t18-,19+,20+,23-/m0/s1. The summed E-state index contributed by atoms with van der Waals surface area (Å²) in [6, 6.07) is 9.11. The zero-order valence-corrected chi connectivity index (χ0v) is 17.6. The first kappa shape index (κ1) is 18.7. The lowest BCUT2D eigenvalue weighted by molar-refractivity contribution is -0.124. The molecule has 0 radical (unpaired) electrons. The van der Waals surface area contributed by atoms with Crippen molar-refractivity contribution in [1.29, 1.82) is 0 Å². The number of likely N-dealkylation sites (tertiary alicyclic amines) is 1. The van der Waals surface area contributed by atoms with Crippen LogP contribution in [0, 0.1) is 23.7 Å². The van der Waals surface area contributed by atoms with Crippen molar-refractivity contribution in [3.05, 3.63) is 35.4 Å². The van der Waals surface area contributed by atoms with E-state index in [1.54, 1.807) is 0 Å². The van der Waals surface area contributed by atoms with Gasteiger partial charge in [0.25, 0.3) is 0 Å². The third kappa shape index (κ3) is 3.20. The van der Waals surface area contributed by atoms with Crippen molar-refractivity contribution in [3.8, 4) is 0 Å². The van der Waals surface area contributed by atoms with Gasteiger partial charge in [0.1, 0.15) is 0 Å². The molecule has 4 atom stereocenters. The normalized spacial score (nSPS) is 33.5. The number of nitrogens with one attached hydrogen (secondary N) is 1. The maximum absolute atomic E-state index is 12.4. The highest BCUT2D eigenvalue weighted by molar-refractivity contribution is 5.78. The molecular formula is C25H36N2O. The van der Waals surface area contributed by atoms with Gasteiger partial charge in [0.2, 0.25) is 5.91 Å². The van der Waals surface area contributed by atoms with E-state index in [-0.39, 0.29) is 23.3 Å². The molecule has 1 heterocycles. The van der Waals surface area contributed by atoms with Crippen LogP contribution in [0.5, 0.6) is 0 Å². The second kappa shape index (κ2) is 7.16. The minimum absolute atomic E-state index is 0.0484. The van der Waals surface area contributed by atoms with E-state index in [9.17, 15) is 4.79 Å². The summed E-state index contributed by atoms with van der Waals surface area (Å²) in [5.74, 6) is 3.29. The van der Waals surface area contributed by atoms with E-state index in [2.05, 4.69) is 34.5 Å². The van der Waals surface area contributed by atoms with Gasteiger partial charge in [-0.2, -0.15) is 0 Å². The Kier molecular flexibility index (Phi) is 4.77. The predicted octanol–water partition coefficient (Wildman–Crippen LogP) is 4.67. The third-order valence-electron chi connectivity index (χ3n) is 8.53. The molecule has 3 heteroatoms. The van der Waals surface area contributed by atoms with Crippen LogP contribution in [0.1, 0.15) is 76.0 Å². The molecule has 3 fully saturated rings. The minimum Gasteiger partial charge on any atom is -0.349 e. The number of fused-ring (bicyclic) bond motifs is 4. The van der Waals surface area contributed by atoms with Crippen LogP contribution in [0.25, 0.3) is 0 Å². The SMILES string of the molecule is CC(C)C(=O)N[C@H]1CC2(CCN(C[C@H]3C[C@H]4CC[C@@H]3C4)CC2)c2ccccc21. The summed E-state index contributed by atoms with van der Waals surface area (Å²) >= 11 is 0. The lowest BCUT2D eigenvalue weighted by atomic mass is 9.73. The maximum atomic E-state index is 12.4. The van der Waals surface area contributed by atoms with Crippen LogP contribution < -0.4 is 5.32 Å². The number of piperidine rings is 1. The fourth-order valence-electron chi connectivity index (χ4n) is 6.93. The number of nitrogens with zero attached hydrogens (tertiary/aromatic N) is 1. The predicted molar refractivity (Wildman–Crippen MR) is 113 cm³/mol. The van der Waals surface area contributed by atoms with Crippen LogP contribution in [0.4, 0.5) is 0 Å². The van der Waals surface area contributed by atoms with Gasteiger partial charge in [0, 0.05) is 17.9 Å². The molecule has 1 amide bonds. The number of rotatable bonds is 4.